The summed E-state index contributed by atoms with van der Waals surface area (Å²) in [5.41, 5.74) is 1.96. The van der Waals surface area contributed by atoms with E-state index >= 15 is 0 Å². The van der Waals surface area contributed by atoms with Gasteiger partial charge in [-0.05, 0) is 38.3 Å². The van der Waals surface area contributed by atoms with Gasteiger partial charge in [-0.25, -0.2) is 4.39 Å². The fourth-order valence-corrected chi connectivity index (χ4v) is 2.34. The van der Waals surface area contributed by atoms with E-state index in [2.05, 4.69) is 24.3 Å². The van der Waals surface area contributed by atoms with E-state index in [1.54, 1.807) is 10.7 Å². The van der Waals surface area contributed by atoms with Gasteiger partial charge in [0.1, 0.15) is 5.82 Å². The maximum absolute atomic E-state index is 13.5. The van der Waals surface area contributed by atoms with E-state index in [4.69, 9.17) is 0 Å². The van der Waals surface area contributed by atoms with Crippen LogP contribution in [0.5, 0.6) is 0 Å². The lowest BCUT2D eigenvalue weighted by Crippen LogP contribution is -2.29. The molecule has 0 spiro atoms. The zero-order valence-electron chi connectivity index (χ0n) is 12.3. The Morgan fingerprint density at radius 2 is 2.05 bits per heavy atom. The van der Waals surface area contributed by atoms with Gasteiger partial charge in [-0.1, -0.05) is 18.2 Å². The van der Waals surface area contributed by atoms with E-state index in [0.29, 0.717) is 6.04 Å². The highest BCUT2D eigenvalue weighted by molar-refractivity contribution is 5.17. The number of benzene rings is 1. The van der Waals surface area contributed by atoms with Crippen LogP contribution in [0.15, 0.2) is 36.7 Å². The Morgan fingerprint density at radius 1 is 1.30 bits per heavy atom. The van der Waals surface area contributed by atoms with Crippen LogP contribution < -0.4 is 5.32 Å². The van der Waals surface area contributed by atoms with Crippen LogP contribution in [0.4, 0.5) is 4.39 Å². The maximum Gasteiger partial charge on any atom is 0.126 e. The van der Waals surface area contributed by atoms with Crippen molar-refractivity contribution in [1.29, 1.82) is 0 Å². The molecule has 108 valence electrons. The van der Waals surface area contributed by atoms with E-state index < -0.39 is 0 Å². The summed E-state index contributed by atoms with van der Waals surface area (Å²) in [4.78, 5) is 0. The predicted molar refractivity (Wildman–Crippen MR) is 78.9 cm³/mol. The summed E-state index contributed by atoms with van der Waals surface area (Å²) in [6.45, 7) is 4.25. The molecule has 3 nitrogen and oxygen atoms in total. The molecule has 0 fully saturated rings. The predicted octanol–water partition coefficient (Wildman–Crippen LogP) is 3.23. The molecule has 0 aliphatic heterocycles. The average Bonchev–Trinajstić information content (AvgIpc) is 2.84. The highest BCUT2D eigenvalue weighted by Crippen LogP contribution is 2.14. The minimum atomic E-state index is -0.111. The fraction of sp³-hybridized carbons (Fsp3) is 0.438. The summed E-state index contributed by atoms with van der Waals surface area (Å²) in [5.74, 6) is -0.111. The van der Waals surface area contributed by atoms with Gasteiger partial charge >= 0.3 is 0 Å². The molecule has 4 heteroatoms. The Kier molecular flexibility index (Phi) is 4.90. The van der Waals surface area contributed by atoms with Crippen molar-refractivity contribution in [3.63, 3.8) is 0 Å². The van der Waals surface area contributed by atoms with Gasteiger partial charge in [0.2, 0.25) is 0 Å². The number of hydrogen-bond donors (Lipinski definition) is 1. The number of aryl methyl sites for hydroxylation is 2. The van der Waals surface area contributed by atoms with Crippen LogP contribution in [0.2, 0.25) is 0 Å². The van der Waals surface area contributed by atoms with Crippen molar-refractivity contribution in [1.82, 2.24) is 15.1 Å². The second-order valence-electron chi connectivity index (χ2n) is 5.37. The molecule has 0 saturated carbocycles. The van der Waals surface area contributed by atoms with Crippen molar-refractivity contribution in [3.8, 4) is 0 Å². The van der Waals surface area contributed by atoms with Crippen molar-refractivity contribution in [2.45, 2.75) is 38.8 Å². The molecule has 0 unspecified atom stereocenters. The van der Waals surface area contributed by atoms with Crippen molar-refractivity contribution in [3.05, 3.63) is 53.6 Å². The third kappa shape index (κ3) is 3.90. The van der Waals surface area contributed by atoms with Gasteiger partial charge < -0.3 is 5.32 Å². The Balaban J connectivity index is 1.83. The lowest BCUT2D eigenvalue weighted by atomic mass is 10.0. The molecule has 1 aromatic heterocycles. The van der Waals surface area contributed by atoms with Crippen LogP contribution in [0, 0.1) is 5.82 Å². The number of rotatable bonds is 6. The second-order valence-corrected chi connectivity index (χ2v) is 5.37. The molecule has 0 radical (unpaired) electrons. The monoisotopic (exact) mass is 275 g/mol. The second kappa shape index (κ2) is 6.66. The molecule has 20 heavy (non-hydrogen) atoms. The molecular formula is C16H22FN3. The van der Waals surface area contributed by atoms with Crippen molar-refractivity contribution in [2.75, 3.05) is 0 Å². The third-order valence-corrected chi connectivity index (χ3v) is 3.56. The van der Waals surface area contributed by atoms with Crippen LogP contribution in [0.25, 0.3) is 0 Å². The standard InChI is InChI=1S/C16H22FN3/c1-12(8-9-14-6-4-5-7-16(14)17)19-13(2)15-10-18-20(3)11-15/h4-7,10-13,19H,8-9H2,1-3H3/t12-,13+/m1/s1. The van der Waals surface area contributed by atoms with E-state index in [9.17, 15) is 4.39 Å². The lowest BCUT2D eigenvalue weighted by molar-refractivity contribution is 0.453. The number of aromatic nitrogens is 2. The Labute approximate surface area is 119 Å². The molecule has 0 saturated heterocycles. The largest absolute Gasteiger partial charge is 0.308 e. The lowest BCUT2D eigenvalue weighted by Gasteiger charge is -2.19. The Morgan fingerprint density at radius 3 is 2.70 bits per heavy atom. The van der Waals surface area contributed by atoms with Gasteiger partial charge in [-0.3, -0.25) is 4.68 Å². The zero-order valence-corrected chi connectivity index (χ0v) is 12.3. The Hall–Kier alpha value is -1.68. The molecule has 2 rings (SSSR count). The molecule has 0 aliphatic carbocycles. The van der Waals surface area contributed by atoms with E-state index in [1.807, 2.05) is 31.6 Å². The minimum absolute atomic E-state index is 0.111. The summed E-state index contributed by atoms with van der Waals surface area (Å²) in [5, 5.41) is 7.70. The first-order chi connectivity index (χ1) is 9.56. The summed E-state index contributed by atoms with van der Waals surface area (Å²) >= 11 is 0. The number of nitrogens with zero attached hydrogens (tertiary/aromatic N) is 2. The normalized spacial score (nSPS) is 14.2. The highest BCUT2D eigenvalue weighted by atomic mass is 19.1. The molecule has 1 N–H and O–H groups in total. The van der Waals surface area contributed by atoms with E-state index in [1.165, 1.54) is 11.6 Å². The van der Waals surface area contributed by atoms with Gasteiger partial charge in [0.25, 0.3) is 0 Å². The Bertz CT molecular complexity index is 550. The first kappa shape index (κ1) is 14.7. The van der Waals surface area contributed by atoms with Crippen LogP contribution in [-0.2, 0) is 13.5 Å². The smallest absolute Gasteiger partial charge is 0.126 e. The number of hydrogen-bond acceptors (Lipinski definition) is 2. The maximum atomic E-state index is 13.5. The van der Waals surface area contributed by atoms with Crippen LogP contribution in [-0.4, -0.2) is 15.8 Å². The summed E-state index contributed by atoms with van der Waals surface area (Å²) in [7, 11) is 1.91. The molecule has 1 aromatic carbocycles. The first-order valence-corrected chi connectivity index (χ1v) is 7.04. The van der Waals surface area contributed by atoms with Crippen LogP contribution >= 0.6 is 0 Å². The topological polar surface area (TPSA) is 29.9 Å². The van der Waals surface area contributed by atoms with Crippen molar-refractivity contribution < 1.29 is 4.39 Å². The number of nitrogens with one attached hydrogen (secondary N) is 1. The van der Waals surface area contributed by atoms with Crippen molar-refractivity contribution in [2.24, 2.45) is 7.05 Å². The fourth-order valence-electron chi connectivity index (χ4n) is 2.34. The SMILES string of the molecule is C[C@H](CCc1ccccc1F)N[C@@H](C)c1cnn(C)c1. The third-order valence-electron chi connectivity index (χ3n) is 3.56. The van der Waals surface area contributed by atoms with Gasteiger partial charge in [0, 0.05) is 30.9 Å². The molecule has 0 amide bonds. The van der Waals surface area contributed by atoms with Crippen molar-refractivity contribution >= 4 is 0 Å². The highest BCUT2D eigenvalue weighted by Gasteiger charge is 2.11. The van der Waals surface area contributed by atoms with Gasteiger partial charge in [-0.15, -0.1) is 0 Å². The van der Waals surface area contributed by atoms with E-state index in [0.717, 1.165) is 18.4 Å². The van der Waals surface area contributed by atoms with Crippen LogP contribution in [0.1, 0.15) is 37.4 Å². The van der Waals surface area contributed by atoms with Crippen LogP contribution in [0.3, 0.4) is 0 Å². The quantitative estimate of drug-likeness (QED) is 0.877. The first-order valence-electron chi connectivity index (χ1n) is 7.04. The molecule has 2 atom stereocenters. The molecule has 0 bridgehead atoms. The zero-order chi connectivity index (χ0) is 14.5. The number of halogens is 1. The molecule has 2 aromatic rings. The van der Waals surface area contributed by atoms with Gasteiger partial charge in [0.15, 0.2) is 0 Å². The van der Waals surface area contributed by atoms with E-state index in [-0.39, 0.29) is 11.9 Å². The molecule has 0 aliphatic rings. The summed E-state index contributed by atoms with van der Waals surface area (Å²) < 4.78 is 15.3. The summed E-state index contributed by atoms with van der Waals surface area (Å²) in [6, 6.07) is 7.56. The molecule has 1 heterocycles. The average molecular weight is 275 g/mol. The minimum Gasteiger partial charge on any atom is -0.308 e. The van der Waals surface area contributed by atoms with Gasteiger partial charge in [-0.2, -0.15) is 5.10 Å². The summed E-state index contributed by atoms with van der Waals surface area (Å²) in [6.07, 6.45) is 5.55. The van der Waals surface area contributed by atoms with Gasteiger partial charge in [0.05, 0.1) is 6.20 Å². The molecular weight excluding hydrogens is 253 g/mol.